The van der Waals surface area contributed by atoms with Gasteiger partial charge < -0.3 is 25.2 Å². The van der Waals surface area contributed by atoms with E-state index >= 15 is 0 Å². The van der Waals surface area contributed by atoms with Crippen LogP contribution in [0.4, 0.5) is 27.2 Å². The van der Waals surface area contributed by atoms with Crippen molar-refractivity contribution in [3.63, 3.8) is 0 Å². The predicted molar refractivity (Wildman–Crippen MR) is 113 cm³/mol. The molecule has 0 spiro atoms. The molecule has 2 fully saturated rings. The van der Waals surface area contributed by atoms with E-state index in [-0.39, 0.29) is 36.1 Å². The van der Waals surface area contributed by atoms with Crippen molar-refractivity contribution in [2.24, 2.45) is 5.92 Å². The molecule has 12 heteroatoms. The fraction of sp³-hybridized carbons (Fsp3) is 0.591. The third-order valence-corrected chi connectivity index (χ3v) is 5.94. The van der Waals surface area contributed by atoms with Crippen molar-refractivity contribution in [3.05, 3.63) is 29.6 Å². The topological polar surface area (TPSA) is 97.7 Å². The Bertz CT molecular complexity index is 932. The van der Waals surface area contributed by atoms with Gasteiger partial charge in [-0.25, -0.2) is 14.0 Å². The lowest BCUT2D eigenvalue weighted by molar-refractivity contribution is -0.274. The van der Waals surface area contributed by atoms with E-state index < -0.39 is 24.0 Å². The molecule has 1 aromatic carbocycles. The number of hydrogen-bond acceptors (Lipinski definition) is 4. The third kappa shape index (κ3) is 6.88. The number of nitriles is 1. The maximum Gasteiger partial charge on any atom is 0.573 e. The van der Waals surface area contributed by atoms with Crippen molar-refractivity contribution < 1.29 is 31.9 Å². The minimum atomic E-state index is -4.93. The van der Waals surface area contributed by atoms with E-state index in [2.05, 4.69) is 21.4 Å². The first-order valence-electron chi connectivity index (χ1n) is 11.0. The van der Waals surface area contributed by atoms with Crippen molar-refractivity contribution in [2.75, 3.05) is 20.1 Å². The number of rotatable bonds is 7. The summed E-state index contributed by atoms with van der Waals surface area (Å²) in [5.41, 5.74) is 0.0150. The van der Waals surface area contributed by atoms with E-state index in [1.807, 2.05) is 0 Å². The first-order valence-corrected chi connectivity index (χ1v) is 11.0. The van der Waals surface area contributed by atoms with E-state index in [1.54, 1.807) is 9.80 Å². The molecule has 1 aliphatic heterocycles. The number of nitrogens with zero attached hydrogens (tertiary/aromatic N) is 3. The number of alkyl halides is 3. The van der Waals surface area contributed by atoms with Crippen molar-refractivity contribution in [2.45, 2.75) is 57.1 Å². The molecule has 4 amide bonds. The zero-order chi connectivity index (χ0) is 24.9. The van der Waals surface area contributed by atoms with Gasteiger partial charge in [0.05, 0.1) is 12.1 Å². The number of benzene rings is 1. The zero-order valence-electron chi connectivity index (χ0n) is 18.7. The average Bonchev–Trinajstić information content (AvgIpc) is 3.60. The highest BCUT2D eigenvalue weighted by Gasteiger charge is 2.41. The molecule has 1 saturated heterocycles. The Labute approximate surface area is 194 Å². The number of hydrogen-bond donors (Lipinski definition) is 2. The second-order valence-electron chi connectivity index (χ2n) is 8.51. The van der Waals surface area contributed by atoms with E-state index in [4.69, 9.17) is 5.26 Å². The standard InChI is InChI=1S/C22H27F4N5O3/c1-28-20(32)30-12-14(3-2-8-27)9-17(13-30)31(16-5-6-16)21(33)29-11-15-4-7-18(10-19(15)23)34-22(24,25)26/h4,7,10,14,16-17H,2-3,5-6,9,11-13H2,1H3,(H,28,32)(H,29,33). The van der Waals surface area contributed by atoms with Crippen molar-refractivity contribution >= 4 is 12.1 Å². The van der Waals surface area contributed by atoms with Crippen LogP contribution in [0.2, 0.25) is 0 Å². The number of carbonyl (C=O) groups excluding carboxylic acids is 2. The minimum Gasteiger partial charge on any atom is -0.406 e. The molecular weight excluding hydrogens is 458 g/mol. The SMILES string of the molecule is CNC(=O)N1CC(CCC#N)CC(N(C(=O)NCc2ccc(OC(F)(F)F)cc2F)C2CC2)C1. The fourth-order valence-corrected chi connectivity index (χ4v) is 4.29. The Kier molecular flexibility index (Phi) is 8.06. The Morgan fingerprint density at radius 3 is 2.59 bits per heavy atom. The molecule has 0 aromatic heterocycles. The molecule has 2 aliphatic rings. The van der Waals surface area contributed by atoms with Crippen LogP contribution in [0.3, 0.4) is 0 Å². The lowest BCUT2D eigenvalue weighted by Crippen LogP contribution is -2.58. The van der Waals surface area contributed by atoms with Gasteiger partial charge in [-0.05, 0) is 37.7 Å². The molecule has 1 heterocycles. The molecule has 0 radical (unpaired) electrons. The van der Waals surface area contributed by atoms with Crippen LogP contribution in [0.5, 0.6) is 5.75 Å². The number of ether oxygens (including phenoxy) is 1. The van der Waals surface area contributed by atoms with Crippen molar-refractivity contribution in [1.29, 1.82) is 5.26 Å². The molecule has 8 nitrogen and oxygen atoms in total. The summed E-state index contributed by atoms with van der Waals surface area (Å²) in [6, 6.07) is 3.89. The van der Waals surface area contributed by atoms with Crippen molar-refractivity contribution in [1.82, 2.24) is 20.4 Å². The highest BCUT2D eigenvalue weighted by Crippen LogP contribution is 2.34. The monoisotopic (exact) mass is 485 g/mol. The minimum absolute atomic E-state index is 0.00124. The summed E-state index contributed by atoms with van der Waals surface area (Å²) in [5, 5.41) is 14.2. The number of halogens is 4. The molecule has 1 aromatic rings. The molecule has 2 N–H and O–H groups in total. The Morgan fingerprint density at radius 2 is 2.00 bits per heavy atom. The van der Waals surface area contributed by atoms with E-state index in [1.165, 1.54) is 7.05 Å². The average molecular weight is 485 g/mol. The summed E-state index contributed by atoms with van der Waals surface area (Å²) in [6.45, 7) is 0.615. The fourth-order valence-electron chi connectivity index (χ4n) is 4.29. The molecule has 2 atom stereocenters. The van der Waals surface area contributed by atoms with Gasteiger partial charge in [-0.3, -0.25) is 0 Å². The van der Waals surface area contributed by atoms with Crippen LogP contribution in [0.15, 0.2) is 18.2 Å². The predicted octanol–water partition coefficient (Wildman–Crippen LogP) is 3.73. The van der Waals surface area contributed by atoms with Gasteiger partial charge in [-0.1, -0.05) is 6.07 Å². The number of piperidine rings is 1. The first kappa shape index (κ1) is 25.4. The summed E-state index contributed by atoms with van der Waals surface area (Å²) >= 11 is 0. The van der Waals surface area contributed by atoms with E-state index in [0.717, 1.165) is 25.0 Å². The highest BCUT2D eigenvalue weighted by atomic mass is 19.4. The van der Waals surface area contributed by atoms with Crippen molar-refractivity contribution in [3.8, 4) is 11.8 Å². The Balaban J connectivity index is 1.68. The van der Waals surface area contributed by atoms with Gasteiger partial charge in [0, 0.05) is 50.8 Å². The number of likely N-dealkylation sites (tertiary alicyclic amines) is 1. The Morgan fingerprint density at radius 1 is 1.26 bits per heavy atom. The van der Waals surface area contributed by atoms with Crippen LogP contribution in [-0.2, 0) is 6.54 Å². The summed E-state index contributed by atoms with van der Waals surface area (Å²) in [4.78, 5) is 28.7. The molecule has 3 rings (SSSR count). The van der Waals surface area contributed by atoms with Crippen LogP contribution in [-0.4, -0.2) is 60.4 Å². The van der Waals surface area contributed by atoms with Gasteiger partial charge in [0.25, 0.3) is 0 Å². The summed E-state index contributed by atoms with van der Waals surface area (Å²) < 4.78 is 54.9. The van der Waals surface area contributed by atoms with Gasteiger partial charge in [0.15, 0.2) is 0 Å². The second kappa shape index (κ2) is 10.8. The van der Waals surface area contributed by atoms with Gasteiger partial charge in [-0.15, -0.1) is 13.2 Å². The summed E-state index contributed by atoms with van der Waals surface area (Å²) in [5.74, 6) is -1.55. The first-order chi connectivity index (χ1) is 16.1. The quantitative estimate of drug-likeness (QED) is 0.575. The lowest BCUT2D eigenvalue weighted by Gasteiger charge is -2.42. The third-order valence-electron chi connectivity index (χ3n) is 5.94. The smallest absolute Gasteiger partial charge is 0.406 e. The molecular formula is C22H27F4N5O3. The molecule has 34 heavy (non-hydrogen) atoms. The van der Waals surface area contributed by atoms with Crippen LogP contribution >= 0.6 is 0 Å². The van der Waals surface area contributed by atoms with Gasteiger partial charge in [-0.2, -0.15) is 5.26 Å². The van der Waals surface area contributed by atoms with E-state index in [9.17, 15) is 27.2 Å². The summed E-state index contributed by atoms with van der Waals surface area (Å²) in [7, 11) is 1.53. The number of carbonyl (C=O) groups is 2. The van der Waals surface area contributed by atoms with Gasteiger partial charge in [0.2, 0.25) is 0 Å². The Hall–Kier alpha value is -3.23. The highest BCUT2D eigenvalue weighted by molar-refractivity contribution is 5.76. The maximum absolute atomic E-state index is 14.3. The molecule has 2 unspecified atom stereocenters. The van der Waals surface area contributed by atoms with E-state index in [0.29, 0.717) is 38.4 Å². The largest absolute Gasteiger partial charge is 0.573 e. The van der Waals surface area contributed by atoms with Crippen LogP contribution < -0.4 is 15.4 Å². The summed E-state index contributed by atoms with van der Waals surface area (Å²) in [6.07, 6.45) is -1.72. The second-order valence-corrected chi connectivity index (χ2v) is 8.51. The van der Waals surface area contributed by atoms with Crippen LogP contribution in [0.25, 0.3) is 0 Å². The zero-order valence-corrected chi connectivity index (χ0v) is 18.7. The maximum atomic E-state index is 14.3. The molecule has 186 valence electrons. The number of nitrogens with one attached hydrogen (secondary N) is 2. The van der Waals surface area contributed by atoms with Gasteiger partial charge >= 0.3 is 18.4 Å². The van der Waals surface area contributed by atoms with Crippen LogP contribution in [0, 0.1) is 23.1 Å². The van der Waals surface area contributed by atoms with Gasteiger partial charge in [0.1, 0.15) is 11.6 Å². The number of amides is 4. The number of urea groups is 2. The van der Waals surface area contributed by atoms with Crippen LogP contribution in [0.1, 0.15) is 37.7 Å². The molecule has 1 saturated carbocycles. The normalized spacial score (nSPS) is 20.3. The molecule has 1 aliphatic carbocycles. The molecule has 0 bridgehead atoms. The lowest BCUT2D eigenvalue weighted by atomic mass is 9.89.